The Morgan fingerprint density at radius 2 is 1.41 bits per heavy atom. The van der Waals surface area contributed by atoms with Crippen LogP contribution in [0.3, 0.4) is 0 Å². The summed E-state index contributed by atoms with van der Waals surface area (Å²) in [6.07, 6.45) is 1.76. The lowest BCUT2D eigenvalue weighted by Crippen LogP contribution is -2.34. The number of benzene rings is 2. The van der Waals surface area contributed by atoms with Crippen LogP contribution in [0.2, 0.25) is 0 Å². The second kappa shape index (κ2) is 7.18. The van der Waals surface area contributed by atoms with E-state index in [0.717, 1.165) is 24.0 Å². The fourth-order valence-corrected chi connectivity index (χ4v) is 2.86. The van der Waals surface area contributed by atoms with E-state index in [1.165, 1.54) is 0 Å². The van der Waals surface area contributed by atoms with Crippen LogP contribution in [-0.4, -0.2) is 24.2 Å². The van der Waals surface area contributed by atoms with Crippen molar-refractivity contribution in [2.45, 2.75) is 25.0 Å². The zero-order chi connectivity index (χ0) is 15.2. The Bertz CT molecular complexity index is 541. The summed E-state index contributed by atoms with van der Waals surface area (Å²) in [4.78, 5) is 10.6. The summed E-state index contributed by atoms with van der Waals surface area (Å²) in [5, 5.41) is 4.57. The molecular formula is C18H20N2O2. The van der Waals surface area contributed by atoms with Gasteiger partial charge in [0.25, 0.3) is 0 Å². The molecular weight excluding hydrogens is 276 g/mol. The highest BCUT2D eigenvalue weighted by molar-refractivity contribution is 5.30. The maximum absolute atomic E-state index is 10.6. The quantitative estimate of drug-likeness (QED) is 0.785. The smallest absolute Gasteiger partial charge is 0.108 e. The topological polar surface area (TPSA) is 41.9 Å². The van der Waals surface area contributed by atoms with Crippen LogP contribution in [0.1, 0.15) is 30.1 Å². The molecule has 1 aliphatic heterocycles. The highest BCUT2D eigenvalue weighted by Gasteiger charge is 2.24. The average Bonchev–Trinajstić information content (AvgIpc) is 2.62. The van der Waals surface area contributed by atoms with Crippen LogP contribution < -0.4 is 0 Å². The summed E-state index contributed by atoms with van der Waals surface area (Å²) in [7, 11) is 0. The summed E-state index contributed by atoms with van der Waals surface area (Å²) in [5.41, 5.74) is 2.31. The van der Waals surface area contributed by atoms with E-state index in [1.807, 2.05) is 36.4 Å². The van der Waals surface area contributed by atoms with E-state index < -0.39 is 0 Å². The maximum Gasteiger partial charge on any atom is 0.108 e. The number of nitroso groups, excluding NO2 is 1. The molecule has 1 fully saturated rings. The van der Waals surface area contributed by atoms with Gasteiger partial charge in [0.15, 0.2) is 0 Å². The van der Waals surface area contributed by atoms with Gasteiger partial charge < -0.3 is 4.74 Å². The van der Waals surface area contributed by atoms with Crippen molar-refractivity contribution in [2.75, 3.05) is 13.1 Å². The van der Waals surface area contributed by atoms with E-state index in [2.05, 4.69) is 29.6 Å². The highest BCUT2D eigenvalue weighted by atomic mass is 16.5. The van der Waals surface area contributed by atoms with Gasteiger partial charge in [-0.05, 0) is 24.0 Å². The minimum Gasteiger partial charge on any atom is -0.365 e. The molecule has 2 aromatic carbocycles. The van der Waals surface area contributed by atoms with Crippen LogP contribution in [0, 0.1) is 4.91 Å². The monoisotopic (exact) mass is 296 g/mol. The van der Waals surface area contributed by atoms with Crippen LogP contribution >= 0.6 is 0 Å². The first kappa shape index (κ1) is 14.7. The molecule has 0 spiro atoms. The SMILES string of the molecule is O=NN1CCC(OC(c2ccccc2)c2ccccc2)CC1. The normalized spacial score (nSPS) is 16.0. The van der Waals surface area contributed by atoms with Crippen molar-refractivity contribution in [1.82, 2.24) is 5.01 Å². The Labute approximate surface area is 130 Å². The molecule has 0 aromatic heterocycles. The van der Waals surface area contributed by atoms with Crippen molar-refractivity contribution in [3.05, 3.63) is 76.7 Å². The number of hydrogen-bond acceptors (Lipinski definition) is 3. The van der Waals surface area contributed by atoms with Crippen molar-refractivity contribution in [2.24, 2.45) is 5.29 Å². The van der Waals surface area contributed by atoms with Crippen molar-refractivity contribution >= 4 is 0 Å². The first-order chi connectivity index (χ1) is 10.9. The molecule has 0 aliphatic carbocycles. The first-order valence-electron chi connectivity index (χ1n) is 7.70. The predicted molar refractivity (Wildman–Crippen MR) is 86.2 cm³/mol. The molecule has 0 unspecified atom stereocenters. The Kier molecular flexibility index (Phi) is 4.81. The number of rotatable bonds is 5. The second-order valence-corrected chi connectivity index (χ2v) is 5.57. The summed E-state index contributed by atoms with van der Waals surface area (Å²) >= 11 is 0. The largest absolute Gasteiger partial charge is 0.365 e. The molecule has 4 heteroatoms. The Hall–Kier alpha value is -2.20. The van der Waals surface area contributed by atoms with Crippen LogP contribution in [0.15, 0.2) is 65.9 Å². The zero-order valence-electron chi connectivity index (χ0n) is 12.5. The minimum absolute atomic E-state index is 0.0665. The van der Waals surface area contributed by atoms with Gasteiger partial charge in [0.1, 0.15) is 6.10 Å². The Morgan fingerprint density at radius 1 is 0.909 bits per heavy atom. The maximum atomic E-state index is 10.6. The predicted octanol–water partition coefficient (Wildman–Crippen LogP) is 3.94. The van der Waals surface area contributed by atoms with E-state index in [0.29, 0.717) is 13.1 Å². The van der Waals surface area contributed by atoms with Gasteiger partial charge in [0, 0.05) is 13.1 Å². The van der Waals surface area contributed by atoms with Crippen molar-refractivity contribution in [3.63, 3.8) is 0 Å². The molecule has 22 heavy (non-hydrogen) atoms. The molecule has 114 valence electrons. The van der Waals surface area contributed by atoms with Gasteiger partial charge in [-0.3, -0.25) is 5.01 Å². The minimum atomic E-state index is -0.0665. The number of nitrogens with zero attached hydrogens (tertiary/aromatic N) is 2. The molecule has 0 atom stereocenters. The van der Waals surface area contributed by atoms with Gasteiger partial charge in [-0.15, -0.1) is 4.91 Å². The molecule has 0 N–H and O–H groups in total. The fourth-order valence-electron chi connectivity index (χ4n) is 2.86. The van der Waals surface area contributed by atoms with Gasteiger partial charge in [-0.1, -0.05) is 60.7 Å². The third-order valence-corrected chi connectivity index (χ3v) is 4.07. The van der Waals surface area contributed by atoms with Gasteiger partial charge in [0.2, 0.25) is 0 Å². The summed E-state index contributed by atoms with van der Waals surface area (Å²) in [5.74, 6) is 0. The molecule has 0 saturated carbocycles. The summed E-state index contributed by atoms with van der Waals surface area (Å²) in [6, 6.07) is 20.6. The lowest BCUT2D eigenvalue weighted by molar-refractivity contribution is -0.0269. The third-order valence-electron chi connectivity index (χ3n) is 4.07. The molecule has 1 heterocycles. The van der Waals surface area contributed by atoms with Gasteiger partial charge in [0.05, 0.1) is 11.4 Å². The van der Waals surface area contributed by atoms with Crippen molar-refractivity contribution in [1.29, 1.82) is 0 Å². The lowest BCUT2D eigenvalue weighted by atomic mass is 10.0. The van der Waals surface area contributed by atoms with Gasteiger partial charge >= 0.3 is 0 Å². The molecule has 1 aliphatic rings. The molecule has 4 nitrogen and oxygen atoms in total. The fraction of sp³-hybridized carbons (Fsp3) is 0.333. The van der Waals surface area contributed by atoms with Gasteiger partial charge in [-0.25, -0.2) is 0 Å². The molecule has 2 aromatic rings. The van der Waals surface area contributed by atoms with E-state index in [1.54, 1.807) is 5.01 Å². The van der Waals surface area contributed by atoms with Crippen LogP contribution in [0.5, 0.6) is 0 Å². The zero-order valence-corrected chi connectivity index (χ0v) is 12.5. The third kappa shape index (κ3) is 3.52. The number of ether oxygens (including phenoxy) is 1. The molecule has 0 radical (unpaired) electrons. The number of hydrogen-bond donors (Lipinski definition) is 0. The summed E-state index contributed by atoms with van der Waals surface area (Å²) in [6.45, 7) is 1.34. The lowest BCUT2D eigenvalue weighted by Gasteiger charge is -2.31. The van der Waals surface area contributed by atoms with E-state index in [9.17, 15) is 4.91 Å². The first-order valence-corrected chi connectivity index (χ1v) is 7.70. The Morgan fingerprint density at radius 3 is 1.86 bits per heavy atom. The second-order valence-electron chi connectivity index (χ2n) is 5.57. The number of piperidine rings is 1. The van der Waals surface area contributed by atoms with Crippen molar-refractivity contribution < 1.29 is 4.74 Å². The molecule has 0 bridgehead atoms. The molecule has 3 rings (SSSR count). The van der Waals surface area contributed by atoms with Crippen LogP contribution in [-0.2, 0) is 4.74 Å². The summed E-state index contributed by atoms with van der Waals surface area (Å²) < 4.78 is 6.39. The standard InChI is InChI=1S/C18H20N2O2/c21-19-20-13-11-17(12-14-20)22-18(15-7-3-1-4-8-15)16-9-5-2-6-10-16/h1-10,17-18H,11-14H2. The van der Waals surface area contributed by atoms with E-state index in [4.69, 9.17) is 4.74 Å². The van der Waals surface area contributed by atoms with Crippen LogP contribution in [0.25, 0.3) is 0 Å². The highest BCUT2D eigenvalue weighted by Crippen LogP contribution is 2.29. The van der Waals surface area contributed by atoms with E-state index in [-0.39, 0.29) is 12.2 Å². The molecule has 1 saturated heterocycles. The van der Waals surface area contributed by atoms with Crippen LogP contribution in [0.4, 0.5) is 0 Å². The van der Waals surface area contributed by atoms with Gasteiger partial charge in [-0.2, -0.15) is 0 Å². The van der Waals surface area contributed by atoms with E-state index >= 15 is 0 Å². The average molecular weight is 296 g/mol. The molecule has 0 amide bonds. The van der Waals surface area contributed by atoms with Crippen molar-refractivity contribution in [3.8, 4) is 0 Å². The Balaban J connectivity index is 1.77.